The molecule has 0 unspecified atom stereocenters. The van der Waals surface area contributed by atoms with E-state index in [-0.39, 0.29) is 11.6 Å². The SMILES string of the molecule is CC(C)(C)OC(=O)NCC1CCN(C(C)(C)C)CC1. The lowest BCUT2D eigenvalue weighted by atomic mass is 9.93. The van der Waals surface area contributed by atoms with E-state index in [2.05, 4.69) is 31.0 Å². The molecule has 1 heterocycles. The highest BCUT2D eigenvalue weighted by Gasteiger charge is 2.27. The molecule has 0 aliphatic carbocycles. The Kier molecular flexibility index (Phi) is 5.25. The second-order valence-corrected chi connectivity index (χ2v) is 7.48. The fourth-order valence-electron chi connectivity index (χ4n) is 2.35. The van der Waals surface area contributed by atoms with Crippen molar-refractivity contribution in [2.45, 2.75) is 65.5 Å². The number of rotatable bonds is 2. The number of piperidine rings is 1. The quantitative estimate of drug-likeness (QED) is 0.838. The number of nitrogens with zero attached hydrogens (tertiary/aromatic N) is 1. The lowest BCUT2D eigenvalue weighted by Gasteiger charge is -2.40. The number of likely N-dealkylation sites (tertiary alicyclic amines) is 1. The first-order valence-corrected chi connectivity index (χ1v) is 7.30. The minimum absolute atomic E-state index is 0.254. The summed E-state index contributed by atoms with van der Waals surface area (Å²) in [4.78, 5) is 14.1. The molecule has 1 aliphatic heterocycles. The zero-order valence-electron chi connectivity index (χ0n) is 13.4. The summed E-state index contributed by atoms with van der Waals surface area (Å²) in [5.41, 5.74) is -0.163. The fourth-order valence-corrected chi connectivity index (χ4v) is 2.35. The van der Waals surface area contributed by atoms with Crippen LogP contribution in [0.2, 0.25) is 0 Å². The van der Waals surface area contributed by atoms with Crippen molar-refractivity contribution in [3.8, 4) is 0 Å². The van der Waals surface area contributed by atoms with Gasteiger partial charge < -0.3 is 10.1 Å². The molecule has 0 aromatic heterocycles. The average Bonchev–Trinajstić information content (AvgIpc) is 2.23. The highest BCUT2D eigenvalue weighted by Crippen LogP contribution is 2.23. The van der Waals surface area contributed by atoms with Gasteiger partial charge in [0.25, 0.3) is 0 Å². The Morgan fingerprint density at radius 2 is 1.68 bits per heavy atom. The van der Waals surface area contributed by atoms with Gasteiger partial charge >= 0.3 is 6.09 Å². The van der Waals surface area contributed by atoms with E-state index in [0.717, 1.165) is 32.5 Å². The van der Waals surface area contributed by atoms with Crippen LogP contribution >= 0.6 is 0 Å². The van der Waals surface area contributed by atoms with E-state index in [0.29, 0.717) is 5.92 Å². The summed E-state index contributed by atoms with van der Waals surface area (Å²) >= 11 is 0. The van der Waals surface area contributed by atoms with Crippen molar-refractivity contribution in [1.29, 1.82) is 0 Å². The number of ether oxygens (including phenoxy) is 1. The molecule has 4 heteroatoms. The van der Waals surface area contributed by atoms with Crippen LogP contribution in [-0.4, -0.2) is 41.8 Å². The van der Waals surface area contributed by atoms with Gasteiger partial charge in [0.2, 0.25) is 0 Å². The Morgan fingerprint density at radius 3 is 2.11 bits per heavy atom. The predicted octanol–water partition coefficient (Wildman–Crippen LogP) is 3.02. The van der Waals surface area contributed by atoms with Crippen molar-refractivity contribution in [2.75, 3.05) is 19.6 Å². The van der Waals surface area contributed by atoms with Gasteiger partial charge in [0.1, 0.15) is 5.60 Å². The van der Waals surface area contributed by atoms with Gasteiger partial charge in [-0.1, -0.05) is 0 Å². The fraction of sp³-hybridized carbons (Fsp3) is 0.933. The summed E-state index contributed by atoms with van der Waals surface area (Å²) < 4.78 is 5.24. The van der Waals surface area contributed by atoms with Gasteiger partial charge in [-0.2, -0.15) is 0 Å². The monoisotopic (exact) mass is 270 g/mol. The Labute approximate surface area is 117 Å². The number of carbonyl (C=O) groups is 1. The number of amides is 1. The summed E-state index contributed by atoms with van der Waals surface area (Å²) in [5.74, 6) is 0.575. The minimum atomic E-state index is -0.417. The molecule has 0 spiro atoms. The molecule has 4 nitrogen and oxygen atoms in total. The number of carbonyl (C=O) groups excluding carboxylic acids is 1. The van der Waals surface area contributed by atoms with E-state index in [1.165, 1.54) is 0 Å². The van der Waals surface area contributed by atoms with Gasteiger partial charge in [-0.25, -0.2) is 4.79 Å². The van der Waals surface area contributed by atoms with E-state index >= 15 is 0 Å². The molecule has 19 heavy (non-hydrogen) atoms. The van der Waals surface area contributed by atoms with Crippen molar-refractivity contribution in [3.05, 3.63) is 0 Å². The van der Waals surface area contributed by atoms with E-state index < -0.39 is 5.60 Å². The maximum absolute atomic E-state index is 11.6. The molecular weight excluding hydrogens is 240 g/mol. The van der Waals surface area contributed by atoms with Gasteiger partial charge in [0.15, 0.2) is 0 Å². The second kappa shape index (κ2) is 6.12. The van der Waals surface area contributed by atoms with Crippen LogP contribution in [0.5, 0.6) is 0 Å². The Bertz CT molecular complexity index is 294. The molecule has 0 aromatic carbocycles. The normalized spacial score (nSPS) is 19.3. The summed E-state index contributed by atoms with van der Waals surface area (Å²) in [7, 11) is 0. The Morgan fingerprint density at radius 1 is 1.16 bits per heavy atom. The van der Waals surface area contributed by atoms with Gasteiger partial charge in [-0.3, -0.25) is 4.90 Å². The minimum Gasteiger partial charge on any atom is -0.444 e. The molecule has 1 N–H and O–H groups in total. The highest BCUT2D eigenvalue weighted by atomic mass is 16.6. The molecule has 0 bridgehead atoms. The molecule has 0 radical (unpaired) electrons. The lowest BCUT2D eigenvalue weighted by Crippen LogP contribution is -2.47. The summed E-state index contributed by atoms with van der Waals surface area (Å²) in [5, 5.41) is 2.88. The van der Waals surface area contributed by atoms with Crippen LogP contribution in [0.25, 0.3) is 0 Å². The van der Waals surface area contributed by atoms with Gasteiger partial charge in [0, 0.05) is 12.1 Å². The number of hydrogen-bond acceptors (Lipinski definition) is 3. The predicted molar refractivity (Wildman–Crippen MR) is 78.3 cm³/mol. The van der Waals surface area contributed by atoms with Crippen LogP contribution in [0, 0.1) is 5.92 Å². The van der Waals surface area contributed by atoms with Crippen LogP contribution in [0.3, 0.4) is 0 Å². The van der Waals surface area contributed by atoms with Crippen molar-refractivity contribution in [1.82, 2.24) is 10.2 Å². The Balaban J connectivity index is 2.25. The number of alkyl carbamates (subject to hydrolysis) is 1. The molecule has 1 fully saturated rings. The first-order chi connectivity index (χ1) is 8.58. The van der Waals surface area contributed by atoms with Crippen molar-refractivity contribution >= 4 is 6.09 Å². The third kappa shape index (κ3) is 6.28. The molecule has 1 aliphatic rings. The van der Waals surface area contributed by atoms with Crippen LogP contribution < -0.4 is 5.32 Å². The second-order valence-electron chi connectivity index (χ2n) is 7.48. The van der Waals surface area contributed by atoms with Crippen molar-refractivity contribution < 1.29 is 9.53 Å². The maximum atomic E-state index is 11.6. The summed E-state index contributed by atoms with van der Waals surface area (Å²) in [6, 6.07) is 0. The summed E-state index contributed by atoms with van der Waals surface area (Å²) in [6.07, 6.45) is 1.99. The van der Waals surface area contributed by atoms with Crippen LogP contribution in [0.4, 0.5) is 4.79 Å². The number of hydrogen-bond donors (Lipinski definition) is 1. The topological polar surface area (TPSA) is 41.6 Å². The Hall–Kier alpha value is -0.770. The third-order valence-electron chi connectivity index (χ3n) is 3.50. The average molecular weight is 270 g/mol. The lowest BCUT2D eigenvalue weighted by molar-refractivity contribution is 0.0490. The van der Waals surface area contributed by atoms with Crippen LogP contribution in [0.1, 0.15) is 54.4 Å². The first kappa shape index (κ1) is 16.3. The molecule has 0 atom stereocenters. The number of nitrogens with one attached hydrogen (secondary N) is 1. The molecule has 1 rings (SSSR count). The zero-order valence-corrected chi connectivity index (χ0v) is 13.4. The molecule has 1 saturated heterocycles. The summed E-state index contributed by atoms with van der Waals surface area (Å²) in [6.45, 7) is 15.4. The van der Waals surface area contributed by atoms with Crippen molar-refractivity contribution in [2.24, 2.45) is 5.92 Å². The molecular formula is C15H30N2O2. The van der Waals surface area contributed by atoms with Crippen LogP contribution in [0.15, 0.2) is 0 Å². The van der Waals surface area contributed by atoms with E-state index in [9.17, 15) is 4.79 Å². The highest BCUT2D eigenvalue weighted by molar-refractivity contribution is 5.67. The maximum Gasteiger partial charge on any atom is 0.407 e. The standard InChI is InChI=1S/C15H30N2O2/c1-14(2,3)17-9-7-12(8-10-17)11-16-13(18)19-15(4,5)6/h12H,7-11H2,1-6H3,(H,16,18). The van der Waals surface area contributed by atoms with Gasteiger partial charge in [-0.15, -0.1) is 0 Å². The van der Waals surface area contributed by atoms with Gasteiger partial charge in [-0.05, 0) is 73.4 Å². The van der Waals surface area contributed by atoms with Gasteiger partial charge in [0.05, 0.1) is 0 Å². The molecule has 0 aromatic rings. The smallest absolute Gasteiger partial charge is 0.407 e. The molecule has 0 saturated carbocycles. The van der Waals surface area contributed by atoms with E-state index in [4.69, 9.17) is 4.74 Å². The van der Waals surface area contributed by atoms with E-state index in [1.54, 1.807) is 0 Å². The third-order valence-corrected chi connectivity index (χ3v) is 3.50. The van der Waals surface area contributed by atoms with Crippen molar-refractivity contribution in [3.63, 3.8) is 0 Å². The van der Waals surface area contributed by atoms with E-state index in [1.807, 2.05) is 20.8 Å². The largest absolute Gasteiger partial charge is 0.444 e. The van der Waals surface area contributed by atoms with Crippen LogP contribution in [-0.2, 0) is 4.74 Å². The molecule has 112 valence electrons. The first-order valence-electron chi connectivity index (χ1n) is 7.30. The molecule has 1 amide bonds. The zero-order chi connectivity index (χ0) is 14.7.